The zero-order valence-corrected chi connectivity index (χ0v) is 11.4. The van der Waals surface area contributed by atoms with Crippen molar-refractivity contribution in [1.29, 1.82) is 5.26 Å². The lowest BCUT2D eigenvalue weighted by Crippen LogP contribution is -2.08. The van der Waals surface area contributed by atoms with E-state index in [-0.39, 0.29) is 6.04 Å². The molecule has 1 atom stereocenters. The van der Waals surface area contributed by atoms with Gasteiger partial charge in [0.1, 0.15) is 11.8 Å². The van der Waals surface area contributed by atoms with Crippen LogP contribution in [0.4, 0.5) is 5.69 Å². The molecule has 20 heavy (non-hydrogen) atoms. The second-order valence-electron chi connectivity index (χ2n) is 5.23. The van der Waals surface area contributed by atoms with Gasteiger partial charge in [-0.15, -0.1) is 0 Å². The Morgan fingerprint density at radius 2 is 2.15 bits per heavy atom. The van der Waals surface area contributed by atoms with Crippen molar-refractivity contribution in [2.24, 2.45) is 0 Å². The number of anilines is 1. The normalized spacial score (nSPS) is 16.5. The van der Waals surface area contributed by atoms with Crippen molar-refractivity contribution in [2.75, 3.05) is 5.32 Å². The van der Waals surface area contributed by atoms with Gasteiger partial charge in [0, 0.05) is 0 Å². The molecule has 0 aliphatic heterocycles. The molecule has 2 aromatic rings. The molecule has 0 spiro atoms. The van der Waals surface area contributed by atoms with Gasteiger partial charge in [-0.2, -0.15) is 5.26 Å². The zero-order chi connectivity index (χ0) is 14.1. The van der Waals surface area contributed by atoms with Crippen LogP contribution in [0.25, 0.3) is 0 Å². The van der Waals surface area contributed by atoms with Crippen molar-refractivity contribution in [2.45, 2.75) is 25.8 Å². The summed E-state index contributed by atoms with van der Waals surface area (Å²) in [6, 6.07) is 13.9. The number of benzene rings is 2. The van der Waals surface area contributed by atoms with Crippen molar-refractivity contribution in [1.82, 2.24) is 0 Å². The van der Waals surface area contributed by atoms with E-state index in [0.717, 1.165) is 24.1 Å². The number of aryl methyl sites for hydroxylation is 2. The summed E-state index contributed by atoms with van der Waals surface area (Å²) in [5, 5.41) is 22.3. The predicted molar refractivity (Wildman–Crippen MR) is 78.7 cm³/mol. The topological polar surface area (TPSA) is 56.0 Å². The highest BCUT2D eigenvalue weighted by Gasteiger charge is 2.23. The summed E-state index contributed by atoms with van der Waals surface area (Å²) in [4.78, 5) is 0. The molecular formula is C17H16N2O. The van der Waals surface area contributed by atoms with Crippen LogP contribution < -0.4 is 5.32 Å². The fourth-order valence-electron chi connectivity index (χ4n) is 2.88. The lowest BCUT2D eigenvalue weighted by molar-refractivity contribution is 0.474. The molecular weight excluding hydrogens is 248 g/mol. The molecule has 0 fully saturated rings. The fraction of sp³-hybridized carbons (Fsp3) is 0.235. The van der Waals surface area contributed by atoms with E-state index < -0.39 is 0 Å². The van der Waals surface area contributed by atoms with Crippen molar-refractivity contribution >= 4 is 5.69 Å². The molecule has 0 amide bonds. The Morgan fingerprint density at radius 1 is 1.30 bits per heavy atom. The number of fused-ring (bicyclic) bond motifs is 1. The Balaban J connectivity index is 1.92. The minimum absolute atomic E-state index is 0.208. The average molecular weight is 264 g/mol. The third kappa shape index (κ3) is 2.10. The third-order valence-electron chi connectivity index (χ3n) is 3.92. The molecule has 2 N–H and O–H groups in total. The molecule has 3 heteroatoms. The van der Waals surface area contributed by atoms with Crippen LogP contribution in [0.3, 0.4) is 0 Å². The van der Waals surface area contributed by atoms with Crippen molar-refractivity contribution in [3.05, 3.63) is 58.7 Å². The highest BCUT2D eigenvalue weighted by Crippen LogP contribution is 2.36. The van der Waals surface area contributed by atoms with Crippen LogP contribution in [0.5, 0.6) is 5.75 Å². The van der Waals surface area contributed by atoms with E-state index in [4.69, 9.17) is 0 Å². The number of phenols is 1. The summed E-state index contributed by atoms with van der Waals surface area (Å²) in [5.41, 5.74) is 4.99. The van der Waals surface area contributed by atoms with E-state index in [9.17, 15) is 10.4 Å². The number of aromatic hydroxyl groups is 1. The molecule has 0 radical (unpaired) electrons. The van der Waals surface area contributed by atoms with Gasteiger partial charge < -0.3 is 10.4 Å². The van der Waals surface area contributed by atoms with Gasteiger partial charge in [0.05, 0.1) is 17.3 Å². The first kappa shape index (κ1) is 12.6. The van der Waals surface area contributed by atoms with Crippen molar-refractivity contribution in [3.63, 3.8) is 0 Å². The molecule has 3 rings (SSSR count). The minimum atomic E-state index is 0.208. The molecule has 0 saturated heterocycles. The number of hydrogen-bond donors (Lipinski definition) is 2. The van der Waals surface area contributed by atoms with Crippen LogP contribution >= 0.6 is 0 Å². The van der Waals surface area contributed by atoms with E-state index in [0.29, 0.717) is 11.3 Å². The Kier molecular flexibility index (Phi) is 3.08. The van der Waals surface area contributed by atoms with Gasteiger partial charge in [0.25, 0.3) is 0 Å². The Morgan fingerprint density at radius 3 is 2.95 bits per heavy atom. The number of nitrogens with zero attached hydrogens (tertiary/aromatic N) is 1. The first-order valence-corrected chi connectivity index (χ1v) is 6.77. The maximum atomic E-state index is 9.53. The average Bonchev–Trinajstić information content (AvgIpc) is 2.81. The second-order valence-corrected chi connectivity index (χ2v) is 5.23. The second kappa shape index (κ2) is 4.90. The van der Waals surface area contributed by atoms with Crippen LogP contribution in [0.1, 0.15) is 34.7 Å². The number of phenolic OH excluding ortho intramolecular Hbond substituents is 1. The highest BCUT2D eigenvalue weighted by atomic mass is 16.3. The van der Waals surface area contributed by atoms with Gasteiger partial charge in [-0.05, 0) is 54.7 Å². The maximum absolute atomic E-state index is 9.53. The first-order valence-electron chi connectivity index (χ1n) is 6.77. The molecule has 0 heterocycles. The lowest BCUT2D eigenvalue weighted by Gasteiger charge is -2.17. The first-order chi connectivity index (χ1) is 9.69. The maximum Gasteiger partial charge on any atom is 0.115 e. The molecule has 0 bridgehead atoms. The fourth-order valence-corrected chi connectivity index (χ4v) is 2.88. The van der Waals surface area contributed by atoms with Crippen LogP contribution in [0, 0.1) is 18.3 Å². The monoisotopic (exact) mass is 264 g/mol. The van der Waals surface area contributed by atoms with Crippen LogP contribution in [0.15, 0.2) is 36.4 Å². The molecule has 100 valence electrons. The highest BCUT2D eigenvalue weighted by molar-refractivity contribution is 5.62. The summed E-state index contributed by atoms with van der Waals surface area (Å²) in [7, 11) is 0. The van der Waals surface area contributed by atoms with E-state index >= 15 is 0 Å². The van der Waals surface area contributed by atoms with Gasteiger partial charge in [0.15, 0.2) is 0 Å². The molecule has 2 aromatic carbocycles. The summed E-state index contributed by atoms with van der Waals surface area (Å²) in [6.07, 6.45) is 1.94. The number of hydrogen-bond acceptors (Lipinski definition) is 3. The Labute approximate surface area is 118 Å². The van der Waals surface area contributed by atoms with Gasteiger partial charge >= 0.3 is 0 Å². The standard InChI is InChI=1S/C17H16N2O/c1-11-3-2-4-16(15(11)10-18)19-17-8-5-12-9-13(20)6-7-14(12)17/h2-4,6-7,9,17,19-20H,5,8H2,1H3. The van der Waals surface area contributed by atoms with Crippen LogP contribution in [-0.4, -0.2) is 5.11 Å². The van der Waals surface area contributed by atoms with Gasteiger partial charge in [-0.1, -0.05) is 18.2 Å². The summed E-state index contributed by atoms with van der Waals surface area (Å²) in [6.45, 7) is 1.95. The van der Waals surface area contributed by atoms with Gasteiger partial charge in [-0.3, -0.25) is 0 Å². The smallest absolute Gasteiger partial charge is 0.115 e. The number of nitrogens with one attached hydrogen (secondary N) is 1. The molecule has 0 aromatic heterocycles. The van der Waals surface area contributed by atoms with E-state index in [1.165, 1.54) is 11.1 Å². The third-order valence-corrected chi connectivity index (χ3v) is 3.92. The summed E-state index contributed by atoms with van der Waals surface area (Å²) >= 11 is 0. The van der Waals surface area contributed by atoms with Gasteiger partial charge in [0.2, 0.25) is 0 Å². The van der Waals surface area contributed by atoms with E-state index in [2.05, 4.69) is 11.4 Å². The summed E-state index contributed by atoms with van der Waals surface area (Å²) in [5.74, 6) is 0.317. The quantitative estimate of drug-likeness (QED) is 0.870. The van der Waals surface area contributed by atoms with E-state index in [1.807, 2.05) is 37.3 Å². The lowest BCUT2D eigenvalue weighted by atomic mass is 10.0. The van der Waals surface area contributed by atoms with Crippen molar-refractivity contribution in [3.8, 4) is 11.8 Å². The number of rotatable bonds is 2. The Bertz CT molecular complexity index is 701. The van der Waals surface area contributed by atoms with Crippen molar-refractivity contribution < 1.29 is 5.11 Å². The molecule has 1 aliphatic carbocycles. The molecule has 3 nitrogen and oxygen atoms in total. The largest absolute Gasteiger partial charge is 0.508 e. The zero-order valence-electron chi connectivity index (χ0n) is 11.4. The van der Waals surface area contributed by atoms with Gasteiger partial charge in [-0.25, -0.2) is 0 Å². The van der Waals surface area contributed by atoms with Crippen LogP contribution in [-0.2, 0) is 6.42 Å². The predicted octanol–water partition coefficient (Wildman–Crippen LogP) is 3.67. The Hall–Kier alpha value is -2.47. The summed E-state index contributed by atoms with van der Waals surface area (Å²) < 4.78 is 0. The molecule has 1 aliphatic rings. The SMILES string of the molecule is Cc1cccc(NC2CCc3cc(O)ccc32)c1C#N. The minimum Gasteiger partial charge on any atom is -0.508 e. The molecule has 0 saturated carbocycles. The molecule has 1 unspecified atom stereocenters. The van der Waals surface area contributed by atoms with E-state index in [1.54, 1.807) is 6.07 Å². The number of nitriles is 1. The van der Waals surface area contributed by atoms with Crippen LogP contribution in [0.2, 0.25) is 0 Å².